The predicted octanol–water partition coefficient (Wildman–Crippen LogP) is 0.173. The van der Waals surface area contributed by atoms with Crippen LogP contribution in [0.15, 0.2) is 0 Å². The molecule has 1 saturated heterocycles. The van der Waals surface area contributed by atoms with Gasteiger partial charge in [-0.05, 0) is 37.8 Å². The molecule has 0 radical (unpaired) electrons. The summed E-state index contributed by atoms with van der Waals surface area (Å²) in [5, 5.41) is 16.0. The molecule has 18 heavy (non-hydrogen) atoms. The second kappa shape index (κ2) is 4.28. The van der Waals surface area contributed by atoms with Crippen molar-refractivity contribution in [3.63, 3.8) is 0 Å². The molecular weight excluding hydrogens is 228 g/mol. The lowest BCUT2D eigenvalue weighted by Crippen LogP contribution is -2.63. The molecule has 2 aliphatic rings. The van der Waals surface area contributed by atoms with E-state index in [1.54, 1.807) is 0 Å². The zero-order valence-corrected chi connectivity index (χ0v) is 11.4. The van der Waals surface area contributed by atoms with Crippen LogP contribution in [0.4, 0.5) is 0 Å². The van der Waals surface area contributed by atoms with E-state index in [-0.39, 0.29) is 5.54 Å². The van der Waals surface area contributed by atoms with E-state index >= 15 is 0 Å². The monoisotopic (exact) mass is 250 g/mol. The van der Waals surface area contributed by atoms with E-state index in [1.165, 1.54) is 17.6 Å². The zero-order valence-electron chi connectivity index (χ0n) is 11.4. The molecule has 0 spiro atoms. The molecule has 0 aromatic carbocycles. The first-order valence-electron chi connectivity index (χ1n) is 6.79. The normalized spacial score (nSPS) is 33.8. The number of nitrogens with one attached hydrogen (secondary N) is 1. The van der Waals surface area contributed by atoms with Crippen LogP contribution in [0.5, 0.6) is 0 Å². The molecule has 1 aliphatic heterocycles. The first-order chi connectivity index (χ1) is 8.58. The van der Waals surface area contributed by atoms with Gasteiger partial charge in [0.2, 0.25) is 0 Å². The Hall–Kier alpha value is -1.01. The van der Waals surface area contributed by atoms with Crippen LogP contribution < -0.4 is 5.32 Å². The smallest absolute Gasteiger partial charge is 0.188 e. The van der Waals surface area contributed by atoms with Crippen molar-refractivity contribution in [2.75, 3.05) is 13.1 Å². The lowest BCUT2D eigenvalue weighted by Gasteiger charge is -2.47. The van der Waals surface area contributed by atoms with E-state index in [0.29, 0.717) is 6.04 Å². The maximum Gasteiger partial charge on any atom is 0.188 e. The van der Waals surface area contributed by atoms with Crippen LogP contribution in [-0.2, 0) is 13.6 Å². The Morgan fingerprint density at radius 1 is 1.44 bits per heavy atom. The Balaban J connectivity index is 1.77. The molecule has 0 amide bonds. The second-order valence-electron chi connectivity index (χ2n) is 5.99. The summed E-state index contributed by atoms with van der Waals surface area (Å²) in [6, 6.07) is 0.536. The molecule has 1 aromatic heterocycles. The standard InChI is InChI=1S/C12H22N6/c1-9-6-18(7-11-14-16-17(3)15-11)12(2,8-13-9)10-4-5-10/h9-10,13H,4-8H2,1-3H3. The van der Waals surface area contributed by atoms with Crippen molar-refractivity contribution in [3.8, 4) is 0 Å². The fourth-order valence-electron chi connectivity index (χ4n) is 3.01. The van der Waals surface area contributed by atoms with Gasteiger partial charge >= 0.3 is 0 Å². The maximum atomic E-state index is 4.31. The number of piperazine rings is 1. The molecule has 0 bridgehead atoms. The third kappa shape index (κ3) is 2.14. The predicted molar refractivity (Wildman–Crippen MR) is 67.8 cm³/mol. The fraction of sp³-hybridized carbons (Fsp3) is 0.917. The van der Waals surface area contributed by atoms with Crippen LogP contribution in [0.25, 0.3) is 0 Å². The van der Waals surface area contributed by atoms with Gasteiger partial charge in [0.1, 0.15) is 0 Å². The van der Waals surface area contributed by atoms with Crippen LogP contribution in [0, 0.1) is 5.92 Å². The minimum absolute atomic E-state index is 0.256. The number of aryl methyl sites for hydroxylation is 1. The van der Waals surface area contributed by atoms with E-state index in [2.05, 4.69) is 39.5 Å². The zero-order chi connectivity index (χ0) is 12.8. The van der Waals surface area contributed by atoms with Crippen LogP contribution in [0.2, 0.25) is 0 Å². The van der Waals surface area contributed by atoms with E-state index < -0.39 is 0 Å². The topological polar surface area (TPSA) is 58.9 Å². The molecule has 2 heterocycles. The molecular formula is C12H22N6. The lowest BCUT2D eigenvalue weighted by atomic mass is 9.90. The largest absolute Gasteiger partial charge is 0.311 e. The molecule has 2 fully saturated rings. The van der Waals surface area contributed by atoms with Crippen molar-refractivity contribution in [3.05, 3.63) is 5.82 Å². The summed E-state index contributed by atoms with van der Waals surface area (Å²) >= 11 is 0. The molecule has 100 valence electrons. The summed E-state index contributed by atoms with van der Waals surface area (Å²) in [5.74, 6) is 1.66. The third-order valence-corrected chi connectivity index (χ3v) is 4.36. The molecule has 1 N–H and O–H groups in total. The van der Waals surface area contributed by atoms with Gasteiger partial charge in [0.15, 0.2) is 5.82 Å². The molecule has 2 unspecified atom stereocenters. The molecule has 2 atom stereocenters. The van der Waals surface area contributed by atoms with Gasteiger partial charge in [-0.3, -0.25) is 4.90 Å². The van der Waals surface area contributed by atoms with Crippen molar-refractivity contribution in [1.82, 2.24) is 30.4 Å². The molecule has 3 rings (SSSR count). The van der Waals surface area contributed by atoms with Crippen molar-refractivity contribution in [2.24, 2.45) is 13.0 Å². The Morgan fingerprint density at radius 3 is 2.83 bits per heavy atom. The van der Waals surface area contributed by atoms with Crippen molar-refractivity contribution in [2.45, 2.75) is 44.8 Å². The Kier molecular flexibility index (Phi) is 2.86. The highest BCUT2D eigenvalue weighted by Gasteiger charge is 2.47. The maximum absolute atomic E-state index is 4.31. The summed E-state index contributed by atoms with van der Waals surface area (Å²) in [7, 11) is 1.82. The highest BCUT2D eigenvalue weighted by atomic mass is 15.6. The number of hydrogen-bond acceptors (Lipinski definition) is 5. The van der Waals surface area contributed by atoms with Gasteiger partial charge in [-0.15, -0.1) is 10.2 Å². The first kappa shape index (κ1) is 12.0. The quantitative estimate of drug-likeness (QED) is 0.829. The van der Waals surface area contributed by atoms with Crippen LogP contribution in [0.3, 0.4) is 0 Å². The number of nitrogens with zero attached hydrogens (tertiary/aromatic N) is 5. The van der Waals surface area contributed by atoms with Crippen molar-refractivity contribution < 1.29 is 0 Å². The van der Waals surface area contributed by atoms with Crippen molar-refractivity contribution >= 4 is 0 Å². The van der Waals surface area contributed by atoms with E-state index in [1.807, 2.05) is 7.05 Å². The number of aromatic nitrogens is 4. The second-order valence-corrected chi connectivity index (χ2v) is 5.99. The van der Waals surface area contributed by atoms with Crippen molar-refractivity contribution in [1.29, 1.82) is 0 Å². The average molecular weight is 250 g/mol. The van der Waals surface area contributed by atoms with Gasteiger partial charge in [-0.2, -0.15) is 4.80 Å². The number of tetrazole rings is 1. The van der Waals surface area contributed by atoms with Gasteiger partial charge in [-0.25, -0.2) is 0 Å². The van der Waals surface area contributed by atoms with Gasteiger partial charge in [0.05, 0.1) is 13.6 Å². The Bertz CT molecular complexity index is 426. The Morgan fingerprint density at radius 2 is 2.22 bits per heavy atom. The Labute approximate surface area is 108 Å². The minimum atomic E-state index is 0.256. The molecule has 6 nitrogen and oxygen atoms in total. The summed E-state index contributed by atoms with van der Waals surface area (Å²) in [4.78, 5) is 4.08. The average Bonchev–Trinajstić information content (AvgIpc) is 3.10. The summed E-state index contributed by atoms with van der Waals surface area (Å²) < 4.78 is 0. The van der Waals surface area contributed by atoms with Crippen LogP contribution >= 0.6 is 0 Å². The van der Waals surface area contributed by atoms with Gasteiger partial charge in [0.25, 0.3) is 0 Å². The SMILES string of the molecule is CC1CN(Cc2nnn(C)n2)C(C)(C2CC2)CN1. The van der Waals surface area contributed by atoms with E-state index in [4.69, 9.17) is 0 Å². The third-order valence-electron chi connectivity index (χ3n) is 4.36. The van der Waals surface area contributed by atoms with E-state index in [0.717, 1.165) is 31.4 Å². The molecule has 1 aliphatic carbocycles. The summed E-state index contributed by atoms with van der Waals surface area (Å²) in [5.41, 5.74) is 0.256. The highest BCUT2D eigenvalue weighted by Crippen LogP contribution is 2.44. The van der Waals surface area contributed by atoms with Gasteiger partial charge in [0, 0.05) is 24.7 Å². The van der Waals surface area contributed by atoms with Gasteiger partial charge in [-0.1, -0.05) is 0 Å². The molecule has 1 aromatic rings. The molecule has 1 saturated carbocycles. The minimum Gasteiger partial charge on any atom is -0.311 e. The fourth-order valence-corrected chi connectivity index (χ4v) is 3.01. The first-order valence-corrected chi connectivity index (χ1v) is 6.79. The van der Waals surface area contributed by atoms with E-state index in [9.17, 15) is 0 Å². The highest BCUT2D eigenvalue weighted by molar-refractivity contribution is 5.05. The molecule has 6 heteroatoms. The van der Waals surface area contributed by atoms with Gasteiger partial charge < -0.3 is 5.32 Å². The summed E-state index contributed by atoms with van der Waals surface area (Å²) in [6.07, 6.45) is 2.72. The summed E-state index contributed by atoms with van der Waals surface area (Å²) in [6.45, 7) is 7.56. The van der Waals surface area contributed by atoms with Crippen LogP contribution in [-0.4, -0.2) is 49.8 Å². The number of hydrogen-bond donors (Lipinski definition) is 1. The van der Waals surface area contributed by atoms with Crippen LogP contribution in [0.1, 0.15) is 32.5 Å². The number of rotatable bonds is 3. The lowest BCUT2D eigenvalue weighted by molar-refractivity contribution is 0.0290.